The molecule has 0 aliphatic rings. The van der Waals surface area contributed by atoms with Crippen LogP contribution >= 0.6 is 23.3 Å². The van der Waals surface area contributed by atoms with Crippen LogP contribution in [0.4, 0.5) is 0 Å². The summed E-state index contributed by atoms with van der Waals surface area (Å²) in [4.78, 5) is 4.24. The molecule has 5 nitrogen and oxygen atoms in total. The standard InChI is InChI=1S/C11H13BN2O3S2/c1-8-13-11(19-14-8)18-6-5-17-10-4-2-3-9(7-10)12(15)16/h2-4,7,15-16H,5-6H2,1H3. The Kier molecular flexibility index (Phi) is 5.20. The van der Waals surface area contributed by atoms with Gasteiger partial charge in [0.25, 0.3) is 0 Å². The van der Waals surface area contributed by atoms with Crippen molar-refractivity contribution >= 4 is 35.9 Å². The highest BCUT2D eigenvalue weighted by Crippen LogP contribution is 2.19. The van der Waals surface area contributed by atoms with Gasteiger partial charge in [-0.2, -0.15) is 4.37 Å². The number of ether oxygens (including phenoxy) is 1. The Balaban J connectivity index is 1.78. The summed E-state index contributed by atoms with van der Waals surface area (Å²) in [5.41, 5.74) is 0.421. The first-order chi connectivity index (χ1) is 9.15. The molecular formula is C11H13BN2O3S2. The van der Waals surface area contributed by atoms with Gasteiger partial charge in [-0.15, -0.1) is 0 Å². The van der Waals surface area contributed by atoms with Crippen LogP contribution in [0.2, 0.25) is 0 Å². The predicted octanol–water partition coefficient (Wildman–Crippen LogP) is 0.697. The zero-order valence-corrected chi connectivity index (χ0v) is 11.9. The minimum Gasteiger partial charge on any atom is -0.493 e. The molecule has 0 aliphatic carbocycles. The molecule has 19 heavy (non-hydrogen) atoms. The van der Waals surface area contributed by atoms with Crippen LogP contribution in [0.25, 0.3) is 0 Å². The number of rotatable bonds is 6. The van der Waals surface area contributed by atoms with Crippen molar-refractivity contribution in [3.8, 4) is 5.75 Å². The Hall–Kier alpha value is -1.09. The minimum absolute atomic E-state index is 0.421. The number of nitrogens with zero attached hydrogens (tertiary/aromatic N) is 2. The number of hydrogen-bond acceptors (Lipinski definition) is 7. The van der Waals surface area contributed by atoms with Crippen LogP contribution in [0.1, 0.15) is 5.82 Å². The molecule has 0 aliphatic heterocycles. The van der Waals surface area contributed by atoms with E-state index in [-0.39, 0.29) is 0 Å². The largest absolute Gasteiger partial charge is 0.493 e. The Bertz CT molecular complexity index is 536. The van der Waals surface area contributed by atoms with Crippen LogP contribution in [0.3, 0.4) is 0 Å². The van der Waals surface area contributed by atoms with Crippen molar-refractivity contribution in [3.63, 3.8) is 0 Å². The van der Waals surface area contributed by atoms with Crippen molar-refractivity contribution in [2.24, 2.45) is 0 Å². The fourth-order valence-corrected chi connectivity index (χ4v) is 2.92. The molecule has 0 atom stereocenters. The van der Waals surface area contributed by atoms with E-state index in [1.54, 1.807) is 36.0 Å². The number of aromatic nitrogens is 2. The predicted molar refractivity (Wildman–Crippen MR) is 77.1 cm³/mol. The van der Waals surface area contributed by atoms with Crippen LogP contribution < -0.4 is 10.2 Å². The first-order valence-corrected chi connectivity index (χ1v) is 7.43. The highest BCUT2D eigenvalue weighted by atomic mass is 32.2. The Morgan fingerprint density at radius 3 is 2.95 bits per heavy atom. The van der Waals surface area contributed by atoms with Gasteiger partial charge in [-0.25, -0.2) is 4.98 Å². The summed E-state index contributed by atoms with van der Waals surface area (Å²) in [5, 5.41) is 18.1. The lowest BCUT2D eigenvalue weighted by atomic mass is 9.80. The van der Waals surface area contributed by atoms with Crippen LogP contribution in [-0.2, 0) is 0 Å². The second-order valence-electron chi connectivity index (χ2n) is 3.75. The van der Waals surface area contributed by atoms with Gasteiger partial charge >= 0.3 is 7.12 Å². The highest BCUT2D eigenvalue weighted by molar-refractivity contribution is 8.00. The molecule has 1 aromatic carbocycles. The summed E-state index contributed by atoms with van der Waals surface area (Å²) in [5.74, 6) is 2.18. The maximum absolute atomic E-state index is 9.05. The fourth-order valence-electron chi connectivity index (χ4n) is 1.39. The second-order valence-corrected chi connectivity index (χ2v) is 5.84. The number of benzene rings is 1. The first-order valence-electron chi connectivity index (χ1n) is 5.67. The lowest BCUT2D eigenvalue weighted by Crippen LogP contribution is -2.29. The number of aryl methyl sites for hydroxylation is 1. The lowest BCUT2D eigenvalue weighted by Gasteiger charge is -2.06. The van der Waals surface area contributed by atoms with E-state index >= 15 is 0 Å². The van der Waals surface area contributed by atoms with Crippen LogP contribution in [0.5, 0.6) is 5.75 Å². The molecule has 0 bridgehead atoms. The Labute approximate surface area is 120 Å². The van der Waals surface area contributed by atoms with Gasteiger partial charge in [-0.05, 0) is 36.1 Å². The lowest BCUT2D eigenvalue weighted by molar-refractivity contribution is 0.344. The monoisotopic (exact) mass is 296 g/mol. The molecular weight excluding hydrogens is 283 g/mol. The van der Waals surface area contributed by atoms with E-state index in [0.29, 0.717) is 17.8 Å². The molecule has 100 valence electrons. The molecule has 0 unspecified atom stereocenters. The molecule has 2 aromatic rings. The molecule has 0 amide bonds. The van der Waals surface area contributed by atoms with Crippen molar-refractivity contribution in [2.75, 3.05) is 12.4 Å². The molecule has 0 radical (unpaired) electrons. The summed E-state index contributed by atoms with van der Waals surface area (Å²) in [7, 11) is -1.47. The third-order valence-corrected chi connectivity index (χ3v) is 4.13. The van der Waals surface area contributed by atoms with E-state index in [4.69, 9.17) is 14.8 Å². The van der Waals surface area contributed by atoms with E-state index < -0.39 is 7.12 Å². The fraction of sp³-hybridized carbons (Fsp3) is 0.273. The molecule has 2 N–H and O–H groups in total. The maximum Gasteiger partial charge on any atom is 0.488 e. The Morgan fingerprint density at radius 1 is 1.42 bits per heavy atom. The minimum atomic E-state index is -1.47. The average Bonchev–Trinajstić information content (AvgIpc) is 2.81. The van der Waals surface area contributed by atoms with Crippen molar-refractivity contribution in [2.45, 2.75) is 11.3 Å². The van der Waals surface area contributed by atoms with Crippen molar-refractivity contribution in [1.29, 1.82) is 0 Å². The highest BCUT2D eigenvalue weighted by Gasteiger charge is 2.11. The van der Waals surface area contributed by atoms with E-state index in [1.807, 2.05) is 6.92 Å². The molecule has 0 fully saturated rings. The molecule has 2 rings (SSSR count). The van der Waals surface area contributed by atoms with Crippen molar-refractivity contribution < 1.29 is 14.8 Å². The smallest absolute Gasteiger partial charge is 0.488 e. The van der Waals surface area contributed by atoms with E-state index in [9.17, 15) is 0 Å². The molecule has 0 spiro atoms. The van der Waals surface area contributed by atoms with Gasteiger partial charge in [0.05, 0.1) is 6.61 Å². The first kappa shape index (κ1) is 14.3. The molecule has 1 heterocycles. The van der Waals surface area contributed by atoms with E-state index in [0.717, 1.165) is 15.9 Å². The van der Waals surface area contributed by atoms with Crippen LogP contribution in [-0.4, -0.2) is 38.9 Å². The van der Waals surface area contributed by atoms with Crippen molar-refractivity contribution in [3.05, 3.63) is 30.1 Å². The maximum atomic E-state index is 9.05. The SMILES string of the molecule is Cc1nsc(SCCOc2cccc(B(O)O)c2)n1. The summed E-state index contributed by atoms with van der Waals surface area (Å²) in [6, 6.07) is 6.76. The molecule has 1 aromatic heterocycles. The third-order valence-electron chi connectivity index (χ3n) is 2.24. The van der Waals surface area contributed by atoms with Gasteiger partial charge in [0.1, 0.15) is 11.6 Å². The van der Waals surface area contributed by atoms with Gasteiger partial charge in [-0.3, -0.25) is 0 Å². The number of thioether (sulfide) groups is 1. The van der Waals surface area contributed by atoms with Gasteiger partial charge in [0.15, 0.2) is 4.34 Å². The normalized spacial score (nSPS) is 10.5. The zero-order chi connectivity index (χ0) is 13.7. The topological polar surface area (TPSA) is 75.5 Å². The Morgan fingerprint density at radius 2 is 2.26 bits per heavy atom. The second kappa shape index (κ2) is 6.90. The van der Waals surface area contributed by atoms with Crippen molar-refractivity contribution in [1.82, 2.24) is 9.36 Å². The van der Waals surface area contributed by atoms with Gasteiger partial charge in [-0.1, -0.05) is 23.9 Å². The summed E-state index contributed by atoms with van der Waals surface area (Å²) in [6.45, 7) is 2.39. The van der Waals surface area contributed by atoms with Crippen LogP contribution in [0.15, 0.2) is 28.6 Å². The quantitative estimate of drug-likeness (QED) is 0.464. The summed E-state index contributed by atoms with van der Waals surface area (Å²) >= 11 is 2.97. The van der Waals surface area contributed by atoms with Gasteiger partial charge < -0.3 is 14.8 Å². The summed E-state index contributed by atoms with van der Waals surface area (Å²) in [6.07, 6.45) is 0. The average molecular weight is 296 g/mol. The van der Waals surface area contributed by atoms with E-state index in [2.05, 4.69) is 9.36 Å². The molecule has 0 saturated heterocycles. The summed E-state index contributed by atoms with van der Waals surface area (Å²) < 4.78 is 10.6. The zero-order valence-electron chi connectivity index (χ0n) is 10.3. The van der Waals surface area contributed by atoms with Crippen LogP contribution in [0, 0.1) is 6.92 Å². The molecule has 8 heteroatoms. The van der Waals surface area contributed by atoms with Gasteiger partial charge in [0.2, 0.25) is 0 Å². The van der Waals surface area contributed by atoms with Gasteiger partial charge in [0, 0.05) is 5.75 Å². The third kappa shape index (κ3) is 4.50. The number of hydrogen-bond donors (Lipinski definition) is 2. The van der Waals surface area contributed by atoms with E-state index in [1.165, 1.54) is 11.5 Å². The molecule has 0 saturated carbocycles.